The molecule has 4 heteroatoms. The summed E-state index contributed by atoms with van der Waals surface area (Å²) >= 11 is 7.37. The lowest BCUT2D eigenvalue weighted by Crippen LogP contribution is -2.16. The molecule has 0 saturated carbocycles. The molecular weight excluding hydrogens is 268 g/mol. The fourth-order valence-electron chi connectivity index (χ4n) is 1.61. The number of halogens is 1. The number of carbonyl (C=O) groups excluding carboxylic acids is 1. The first-order valence-electron chi connectivity index (χ1n) is 5.65. The van der Waals surface area contributed by atoms with Gasteiger partial charge in [-0.05, 0) is 31.2 Å². The summed E-state index contributed by atoms with van der Waals surface area (Å²) in [7, 11) is 0. The Bertz CT molecular complexity index is 522. The van der Waals surface area contributed by atoms with E-state index in [9.17, 15) is 4.79 Å². The van der Waals surface area contributed by atoms with Gasteiger partial charge in [-0.2, -0.15) is 0 Å². The van der Waals surface area contributed by atoms with Gasteiger partial charge in [0.15, 0.2) is 0 Å². The maximum Gasteiger partial charge on any atom is 0.338 e. The number of esters is 1. The molecule has 0 amide bonds. The number of hydrogen-bond acceptors (Lipinski definition) is 3. The summed E-state index contributed by atoms with van der Waals surface area (Å²) in [4.78, 5) is 12.9. The molecule has 0 fully saturated rings. The van der Waals surface area contributed by atoms with Crippen LogP contribution in [-0.4, -0.2) is 12.1 Å². The maximum absolute atomic E-state index is 11.8. The molecule has 0 saturated heterocycles. The minimum Gasteiger partial charge on any atom is -0.459 e. The standard InChI is InChI=1S/C14H13ClO2S/c1-10(9-12-7-8-13(15)18-12)17-14(16)11-5-3-2-4-6-11/h2-8,10H,9H2,1H3/t10-/m1/s1. The van der Waals surface area contributed by atoms with E-state index in [1.165, 1.54) is 11.3 Å². The molecule has 0 radical (unpaired) electrons. The minimum atomic E-state index is -0.286. The third-order valence-corrected chi connectivity index (χ3v) is 3.69. The third kappa shape index (κ3) is 3.59. The van der Waals surface area contributed by atoms with E-state index < -0.39 is 0 Å². The molecule has 0 aliphatic carbocycles. The van der Waals surface area contributed by atoms with Crippen LogP contribution in [-0.2, 0) is 11.2 Å². The van der Waals surface area contributed by atoms with Crippen molar-refractivity contribution in [2.24, 2.45) is 0 Å². The van der Waals surface area contributed by atoms with Gasteiger partial charge in [-0.1, -0.05) is 29.8 Å². The zero-order valence-electron chi connectivity index (χ0n) is 9.93. The van der Waals surface area contributed by atoms with Gasteiger partial charge in [0, 0.05) is 11.3 Å². The van der Waals surface area contributed by atoms with Gasteiger partial charge in [0.25, 0.3) is 0 Å². The summed E-state index contributed by atoms with van der Waals surface area (Å²) in [6, 6.07) is 12.8. The predicted molar refractivity (Wildman–Crippen MR) is 74.4 cm³/mol. The van der Waals surface area contributed by atoms with Crippen LogP contribution in [0.3, 0.4) is 0 Å². The highest BCUT2D eigenvalue weighted by Crippen LogP contribution is 2.23. The van der Waals surface area contributed by atoms with E-state index in [0.29, 0.717) is 12.0 Å². The van der Waals surface area contributed by atoms with E-state index in [1.807, 2.05) is 37.3 Å². The summed E-state index contributed by atoms with van der Waals surface area (Å²) in [5.74, 6) is -0.286. The van der Waals surface area contributed by atoms with Crippen LogP contribution in [0.5, 0.6) is 0 Å². The van der Waals surface area contributed by atoms with Crippen molar-refractivity contribution in [3.63, 3.8) is 0 Å². The first-order valence-corrected chi connectivity index (χ1v) is 6.85. The lowest BCUT2D eigenvalue weighted by atomic mass is 10.2. The maximum atomic E-state index is 11.8. The molecular formula is C14H13ClO2S. The van der Waals surface area contributed by atoms with Crippen molar-refractivity contribution in [3.05, 3.63) is 57.2 Å². The van der Waals surface area contributed by atoms with Crippen molar-refractivity contribution in [1.82, 2.24) is 0 Å². The van der Waals surface area contributed by atoms with Gasteiger partial charge in [-0.25, -0.2) is 4.79 Å². The first kappa shape index (κ1) is 13.1. The van der Waals surface area contributed by atoms with Crippen LogP contribution in [0.1, 0.15) is 22.2 Å². The fraction of sp³-hybridized carbons (Fsp3) is 0.214. The Morgan fingerprint density at radius 3 is 2.61 bits per heavy atom. The molecule has 2 rings (SSSR count). The number of thiophene rings is 1. The molecule has 1 heterocycles. The Kier molecular flexibility index (Phi) is 4.39. The molecule has 1 aromatic heterocycles. The van der Waals surface area contributed by atoms with E-state index in [0.717, 1.165) is 9.21 Å². The van der Waals surface area contributed by atoms with Crippen LogP contribution in [0.15, 0.2) is 42.5 Å². The largest absolute Gasteiger partial charge is 0.459 e. The number of benzene rings is 1. The number of ether oxygens (including phenoxy) is 1. The average Bonchev–Trinajstić information content (AvgIpc) is 2.75. The summed E-state index contributed by atoms with van der Waals surface area (Å²) < 4.78 is 6.13. The van der Waals surface area contributed by atoms with Gasteiger partial charge in [-0.15, -0.1) is 11.3 Å². The highest BCUT2D eigenvalue weighted by atomic mass is 35.5. The monoisotopic (exact) mass is 280 g/mol. The summed E-state index contributed by atoms with van der Waals surface area (Å²) in [5, 5.41) is 0. The van der Waals surface area contributed by atoms with Crippen molar-refractivity contribution in [1.29, 1.82) is 0 Å². The Hall–Kier alpha value is -1.32. The van der Waals surface area contributed by atoms with Crippen molar-refractivity contribution in [2.75, 3.05) is 0 Å². The van der Waals surface area contributed by atoms with E-state index >= 15 is 0 Å². The van der Waals surface area contributed by atoms with Gasteiger partial charge in [-0.3, -0.25) is 0 Å². The van der Waals surface area contributed by atoms with Gasteiger partial charge < -0.3 is 4.74 Å². The molecule has 1 atom stereocenters. The molecule has 0 N–H and O–H groups in total. The Morgan fingerprint density at radius 2 is 2.00 bits per heavy atom. The van der Waals surface area contributed by atoms with Crippen molar-refractivity contribution in [2.45, 2.75) is 19.4 Å². The van der Waals surface area contributed by atoms with Crippen LogP contribution >= 0.6 is 22.9 Å². The Morgan fingerprint density at radius 1 is 1.28 bits per heavy atom. The van der Waals surface area contributed by atoms with E-state index in [2.05, 4.69) is 0 Å². The third-order valence-electron chi connectivity index (χ3n) is 2.44. The van der Waals surface area contributed by atoms with Gasteiger partial charge in [0.2, 0.25) is 0 Å². The molecule has 0 aliphatic heterocycles. The molecule has 94 valence electrons. The highest BCUT2D eigenvalue weighted by Gasteiger charge is 2.12. The second-order valence-corrected chi connectivity index (χ2v) is 5.79. The summed E-state index contributed by atoms with van der Waals surface area (Å²) in [6.45, 7) is 1.88. The lowest BCUT2D eigenvalue weighted by Gasteiger charge is -2.12. The van der Waals surface area contributed by atoms with Gasteiger partial charge >= 0.3 is 5.97 Å². The minimum absolute atomic E-state index is 0.160. The molecule has 0 spiro atoms. The molecule has 18 heavy (non-hydrogen) atoms. The summed E-state index contributed by atoms with van der Waals surface area (Å²) in [6.07, 6.45) is 0.531. The summed E-state index contributed by atoms with van der Waals surface area (Å²) in [5.41, 5.74) is 0.577. The van der Waals surface area contributed by atoms with E-state index in [-0.39, 0.29) is 12.1 Å². The average molecular weight is 281 g/mol. The fourth-order valence-corrected chi connectivity index (χ4v) is 2.81. The van der Waals surface area contributed by atoms with E-state index in [4.69, 9.17) is 16.3 Å². The van der Waals surface area contributed by atoms with Crippen molar-refractivity contribution >= 4 is 28.9 Å². The van der Waals surface area contributed by atoms with Crippen molar-refractivity contribution < 1.29 is 9.53 Å². The van der Waals surface area contributed by atoms with Crippen LogP contribution in [0.25, 0.3) is 0 Å². The zero-order valence-corrected chi connectivity index (χ0v) is 11.5. The highest BCUT2D eigenvalue weighted by molar-refractivity contribution is 7.16. The first-order chi connectivity index (χ1) is 8.65. The normalized spacial score (nSPS) is 12.1. The van der Waals surface area contributed by atoms with Gasteiger partial charge in [0.05, 0.1) is 9.90 Å². The SMILES string of the molecule is C[C@H](Cc1ccc(Cl)s1)OC(=O)c1ccccc1. The lowest BCUT2D eigenvalue weighted by molar-refractivity contribution is 0.0344. The topological polar surface area (TPSA) is 26.3 Å². The molecule has 1 aromatic carbocycles. The zero-order chi connectivity index (χ0) is 13.0. The molecule has 2 aromatic rings. The van der Waals surface area contributed by atoms with E-state index in [1.54, 1.807) is 12.1 Å². The van der Waals surface area contributed by atoms with Crippen LogP contribution < -0.4 is 0 Å². The van der Waals surface area contributed by atoms with Crippen molar-refractivity contribution in [3.8, 4) is 0 Å². The smallest absolute Gasteiger partial charge is 0.338 e. The Balaban J connectivity index is 1.91. The quantitative estimate of drug-likeness (QED) is 0.785. The van der Waals surface area contributed by atoms with Gasteiger partial charge in [0.1, 0.15) is 6.10 Å². The molecule has 0 unspecified atom stereocenters. The second kappa shape index (κ2) is 6.03. The molecule has 0 aliphatic rings. The predicted octanol–water partition coefficient (Wildman–Crippen LogP) is 4.19. The van der Waals surface area contributed by atoms with Crippen LogP contribution in [0.2, 0.25) is 4.34 Å². The Labute approximate surface area is 115 Å². The number of rotatable bonds is 4. The number of hydrogen-bond donors (Lipinski definition) is 0. The van der Waals surface area contributed by atoms with Crippen LogP contribution in [0, 0.1) is 0 Å². The van der Waals surface area contributed by atoms with Crippen LogP contribution in [0.4, 0.5) is 0 Å². The number of carbonyl (C=O) groups is 1. The second-order valence-electron chi connectivity index (χ2n) is 3.99. The molecule has 2 nitrogen and oxygen atoms in total. The molecule has 0 bridgehead atoms.